The molecule has 0 saturated heterocycles. The number of nitrogens with one attached hydrogen (secondary N) is 1. The van der Waals surface area contributed by atoms with Crippen LogP contribution < -0.4 is 5.32 Å². The predicted octanol–water partition coefficient (Wildman–Crippen LogP) is 2.27. The summed E-state index contributed by atoms with van der Waals surface area (Å²) < 4.78 is 18.7. The minimum Gasteiger partial charge on any atom is -0.383 e. The highest BCUT2D eigenvalue weighted by Crippen LogP contribution is 2.20. The molecule has 0 aliphatic heterocycles. The Morgan fingerprint density at radius 3 is 2.88 bits per heavy atom. The van der Waals surface area contributed by atoms with E-state index in [0.29, 0.717) is 28.8 Å². The van der Waals surface area contributed by atoms with E-state index in [9.17, 15) is 9.18 Å². The zero-order chi connectivity index (χ0) is 12.1. The molecule has 0 spiro atoms. The molecule has 0 unspecified atom stereocenters. The van der Waals surface area contributed by atoms with Gasteiger partial charge in [0, 0.05) is 18.1 Å². The summed E-state index contributed by atoms with van der Waals surface area (Å²) >= 11 is 3.23. The lowest BCUT2D eigenvalue weighted by molar-refractivity contribution is 0.0936. The Bertz CT molecular complexity index is 396. The van der Waals surface area contributed by atoms with Crippen molar-refractivity contribution < 1.29 is 13.9 Å². The van der Waals surface area contributed by atoms with Gasteiger partial charge in [-0.25, -0.2) is 4.39 Å². The first kappa shape index (κ1) is 13.1. The van der Waals surface area contributed by atoms with Crippen LogP contribution >= 0.6 is 15.9 Å². The van der Waals surface area contributed by atoms with Crippen molar-refractivity contribution >= 4 is 21.8 Å². The summed E-state index contributed by atoms with van der Waals surface area (Å²) in [6.07, 6.45) is 0. The SMILES string of the molecule is COCCNC(=O)c1cc(F)c(C)cc1Br. The van der Waals surface area contributed by atoms with Gasteiger partial charge in [-0.1, -0.05) is 0 Å². The van der Waals surface area contributed by atoms with Gasteiger partial charge in [-0.2, -0.15) is 0 Å². The van der Waals surface area contributed by atoms with Crippen LogP contribution in [-0.2, 0) is 4.74 Å². The maximum absolute atomic E-state index is 13.3. The molecule has 0 radical (unpaired) electrons. The normalized spacial score (nSPS) is 10.2. The smallest absolute Gasteiger partial charge is 0.252 e. The van der Waals surface area contributed by atoms with Gasteiger partial charge in [-0.15, -0.1) is 0 Å². The summed E-state index contributed by atoms with van der Waals surface area (Å²) in [7, 11) is 1.55. The number of hydrogen-bond acceptors (Lipinski definition) is 2. The standard InChI is InChI=1S/C11H13BrFNO2/c1-7-5-9(12)8(6-10(7)13)11(15)14-3-4-16-2/h5-6H,3-4H2,1-2H3,(H,14,15). The number of rotatable bonds is 4. The summed E-state index contributed by atoms with van der Waals surface area (Å²) in [5.74, 6) is -0.706. The van der Waals surface area contributed by atoms with E-state index in [1.165, 1.54) is 6.07 Å². The fourth-order valence-electron chi connectivity index (χ4n) is 1.18. The Labute approximate surface area is 102 Å². The molecular formula is C11H13BrFNO2. The second-order valence-corrected chi connectivity index (χ2v) is 4.18. The van der Waals surface area contributed by atoms with Crippen LogP contribution in [0.1, 0.15) is 15.9 Å². The Balaban J connectivity index is 2.79. The average molecular weight is 290 g/mol. The van der Waals surface area contributed by atoms with Gasteiger partial charge >= 0.3 is 0 Å². The van der Waals surface area contributed by atoms with Crippen molar-refractivity contribution in [1.82, 2.24) is 5.32 Å². The lowest BCUT2D eigenvalue weighted by Gasteiger charge is -2.07. The molecule has 16 heavy (non-hydrogen) atoms. The van der Waals surface area contributed by atoms with Crippen molar-refractivity contribution in [2.45, 2.75) is 6.92 Å². The van der Waals surface area contributed by atoms with E-state index in [0.717, 1.165) is 0 Å². The molecule has 1 aromatic carbocycles. The molecule has 5 heteroatoms. The van der Waals surface area contributed by atoms with Crippen LogP contribution in [0.15, 0.2) is 16.6 Å². The fourth-order valence-corrected chi connectivity index (χ4v) is 1.82. The lowest BCUT2D eigenvalue weighted by atomic mass is 10.1. The Kier molecular flexibility index (Phi) is 4.89. The monoisotopic (exact) mass is 289 g/mol. The van der Waals surface area contributed by atoms with E-state index < -0.39 is 0 Å². The largest absolute Gasteiger partial charge is 0.383 e. The van der Waals surface area contributed by atoms with E-state index in [-0.39, 0.29) is 11.7 Å². The lowest BCUT2D eigenvalue weighted by Crippen LogP contribution is -2.27. The molecule has 88 valence electrons. The number of carbonyl (C=O) groups excluding carboxylic acids is 1. The van der Waals surface area contributed by atoms with E-state index in [1.54, 1.807) is 20.1 Å². The Hall–Kier alpha value is -0.940. The van der Waals surface area contributed by atoms with Gasteiger partial charge in [0.2, 0.25) is 0 Å². The van der Waals surface area contributed by atoms with Crippen LogP contribution in [0.25, 0.3) is 0 Å². The molecular weight excluding hydrogens is 277 g/mol. The average Bonchev–Trinajstić information content (AvgIpc) is 2.23. The minimum absolute atomic E-state index is 0.291. The molecule has 1 amide bonds. The fraction of sp³-hybridized carbons (Fsp3) is 0.364. The maximum Gasteiger partial charge on any atom is 0.252 e. The summed E-state index contributed by atoms with van der Waals surface area (Å²) in [5.41, 5.74) is 0.791. The highest BCUT2D eigenvalue weighted by molar-refractivity contribution is 9.10. The molecule has 1 N–H and O–H groups in total. The molecule has 0 aromatic heterocycles. The van der Waals surface area contributed by atoms with Gasteiger partial charge < -0.3 is 10.1 Å². The zero-order valence-corrected chi connectivity index (χ0v) is 10.7. The molecule has 3 nitrogen and oxygen atoms in total. The molecule has 1 rings (SSSR count). The third kappa shape index (κ3) is 3.28. The molecule has 1 aromatic rings. The van der Waals surface area contributed by atoms with Crippen LogP contribution in [0.4, 0.5) is 4.39 Å². The number of methoxy groups -OCH3 is 1. The van der Waals surface area contributed by atoms with E-state index >= 15 is 0 Å². The van der Waals surface area contributed by atoms with Crippen molar-refractivity contribution in [3.63, 3.8) is 0 Å². The number of ether oxygens (including phenoxy) is 1. The predicted molar refractivity (Wildman–Crippen MR) is 63.0 cm³/mol. The van der Waals surface area contributed by atoms with Crippen molar-refractivity contribution in [3.8, 4) is 0 Å². The van der Waals surface area contributed by atoms with Gasteiger partial charge in [0.1, 0.15) is 5.82 Å². The molecule has 0 aliphatic carbocycles. The topological polar surface area (TPSA) is 38.3 Å². The maximum atomic E-state index is 13.3. The van der Waals surface area contributed by atoms with Crippen molar-refractivity contribution in [2.24, 2.45) is 0 Å². The van der Waals surface area contributed by atoms with Gasteiger partial charge in [-0.05, 0) is 40.5 Å². The van der Waals surface area contributed by atoms with Crippen LogP contribution in [0.5, 0.6) is 0 Å². The first-order valence-electron chi connectivity index (χ1n) is 4.79. The van der Waals surface area contributed by atoms with E-state index in [1.807, 2.05) is 0 Å². The first-order chi connectivity index (χ1) is 7.56. The number of aryl methyl sites for hydroxylation is 1. The third-order valence-electron chi connectivity index (χ3n) is 2.08. The Morgan fingerprint density at radius 2 is 2.25 bits per heavy atom. The summed E-state index contributed by atoms with van der Waals surface area (Å²) in [4.78, 5) is 11.6. The highest BCUT2D eigenvalue weighted by atomic mass is 79.9. The molecule has 0 fully saturated rings. The summed E-state index contributed by atoms with van der Waals surface area (Å²) in [5, 5.41) is 2.63. The van der Waals surface area contributed by atoms with Crippen LogP contribution in [0, 0.1) is 12.7 Å². The molecule has 0 saturated carbocycles. The second kappa shape index (κ2) is 5.96. The van der Waals surface area contributed by atoms with Gasteiger partial charge in [0.05, 0.1) is 12.2 Å². The third-order valence-corrected chi connectivity index (χ3v) is 2.74. The van der Waals surface area contributed by atoms with Gasteiger partial charge in [0.25, 0.3) is 5.91 Å². The van der Waals surface area contributed by atoms with E-state index in [2.05, 4.69) is 21.2 Å². The Morgan fingerprint density at radius 1 is 1.56 bits per heavy atom. The van der Waals surface area contributed by atoms with Gasteiger partial charge in [-0.3, -0.25) is 4.79 Å². The second-order valence-electron chi connectivity index (χ2n) is 3.33. The molecule has 0 aliphatic rings. The number of benzene rings is 1. The quantitative estimate of drug-likeness (QED) is 0.864. The number of halogens is 2. The van der Waals surface area contributed by atoms with Crippen molar-refractivity contribution in [2.75, 3.05) is 20.3 Å². The number of carbonyl (C=O) groups is 1. The first-order valence-corrected chi connectivity index (χ1v) is 5.58. The molecule has 0 atom stereocenters. The van der Waals surface area contributed by atoms with Gasteiger partial charge in [0.15, 0.2) is 0 Å². The summed E-state index contributed by atoms with van der Waals surface area (Å²) in [6, 6.07) is 2.81. The van der Waals surface area contributed by atoms with Crippen LogP contribution in [-0.4, -0.2) is 26.2 Å². The van der Waals surface area contributed by atoms with Crippen molar-refractivity contribution in [1.29, 1.82) is 0 Å². The number of hydrogen-bond donors (Lipinski definition) is 1. The van der Waals surface area contributed by atoms with E-state index in [4.69, 9.17) is 4.74 Å². The minimum atomic E-state index is -0.389. The number of amides is 1. The molecule has 0 heterocycles. The van der Waals surface area contributed by atoms with Crippen LogP contribution in [0.2, 0.25) is 0 Å². The molecule has 0 bridgehead atoms. The van der Waals surface area contributed by atoms with Crippen molar-refractivity contribution in [3.05, 3.63) is 33.5 Å². The highest BCUT2D eigenvalue weighted by Gasteiger charge is 2.12. The zero-order valence-electron chi connectivity index (χ0n) is 9.14. The van der Waals surface area contributed by atoms with Crippen LogP contribution in [0.3, 0.4) is 0 Å². The summed E-state index contributed by atoms with van der Waals surface area (Å²) in [6.45, 7) is 2.47.